The highest BCUT2D eigenvalue weighted by atomic mass is 31.1. The molecular formula is C9H15P. The molecule has 1 rings (SSSR count). The predicted molar refractivity (Wildman–Crippen MR) is 49.8 cm³/mol. The molecule has 1 aliphatic carbocycles. The molecule has 0 bridgehead atoms. The van der Waals surface area contributed by atoms with Crippen molar-refractivity contribution in [1.82, 2.24) is 0 Å². The molecule has 1 aliphatic rings. The summed E-state index contributed by atoms with van der Waals surface area (Å²) in [7, 11) is 0.217. The molecule has 0 atom stereocenters. The normalized spacial score (nSPS) is 16.5. The highest BCUT2D eigenvalue weighted by Crippen LogP contribution is 2.46. The Morgan fingerprint density at radius 1 is 1.40 bits per heavy atom. The zero-order chi connectivity index (χ0) is 7.40. The van der Waals surface area contributed by atoms with Crippen molar-refractivity contribution in [3.05, 3.63) is 23.5 Å². The Labute approximate surface area is 64.8 Å². The van der Waals surface area contributed by atoms with E-state index in [1.807, 2.05) is 0 Å². The van der Waals surface area contributed by atoms with Gasteiger partial charge in [0.2, 0.25) is 0 Å². The largest absolute Gasteiger partial charge is 0.0801 e. The molecule has 0 fully saturated rings. The minimum absolute atomic E-state index is 0.217. The van der Waals surface area contributed by atoms with Gasteiger partial charge in [0.15, 0.2) is 0 Å². The third kappa shape index (κ3) is 1.70. The quantitative estimate of drug-likeness (QED) is 0.547. The summed E-state index contributed by atoms with van der Waals surface area (Å²) in [5.74, 6) is 0. The third-order valence-electron chi connectivity index (χ3n) is 1.88. The van der Waals surface area contributed by atoms with Crippen LogP contribution in [0.4, 0.5) is 0 Å². The standard InChI is InChI=1S/C9H15P/c1-3-10(4-2)9-7-5-6-8-9/h5,7-8H,3-4,6H2,1-2H3. The highest BCUT2D eigenvalue weighted by molar-refractivity contribution is 7.62. The second kappa shape index (κ2) is 3.93. The summed E-state index contributed by atoms with van der Waals surface area (Å²) < 4.78 is 0. The zero-order valence-corrected chi connectivity index (χ0v) is 7.70. The molecule has 0 spiro atoms. The van der Waals surface area contributed by atoms with Gasteiger partial charge >= 0.3 is 0 Å². The lowest BCUT2D eigenvalue weighted by molar-refractivity contribution is 1.41. The first-order valence-corrected chi connectivity index (χ1v) is 5.71. The maximum absolute atomic E-state index is 2.37. The number of allylic oxidation sites excluding steroid dienone is 4. The van der Waals surface area contributed by atoms with E-state index in [4.69, 9.17) is 0 Å². The molecule has 0 aromatic heterocycles. The van der Waals surface area contributed by atoms with Gasteiger partial charge < -0.3 is 0 Å². The van der Waals surface area contributed by atoms with E-state index in [-0.39, 0.29) is 7.92 Å². The molecular weight excluding hydrogens is 139 g/mol. The van der Waals surface area contributed by atoms with Crippen molar-refractivity contribution in [2.45, 2.75) is 20.3 Å². The van der Waals surface area contributed by atoms with Crippen LogP contribution in [0.25, 0.3) is 0 Å². The average Bonchev–Trinajstić information content (AvgIpc) is 2.43. The highest BCUT2D eigenvalue weighted by Gasteiger charge is 2.07. The van der Waals surface area contributed by atoms with E-state index in [9.17, 15) is 0 Å². The van der Waals surface area contributed by atoms with E-state index < -0.39 is 0 Å². The predicted octanol–water partition coefficient (Wildman–Crippen LogP) is 3.35. The molecule has 1 heteroatoms. The fraction of sp³-hybridized carbons (Fsp3) is 0.556. The second-order valence-corrected chi connectivity index (χ2v) is 5.30. The molecule has 0 saturated carbocycles. The van der Waals surface area contributed by atoms with Crippen molar-refractivity contribution in [3.8, 4) is 0 Å². The van der Waals surface area contributed by atoms with E-state index in [0.29, 0.717) is 0 Å². The van der Waals surface area contributed by atoms with Gasteiger partial charge in [-0.1, -0.05) is 40.0 Å². The van der Waals surface area contributed by atoms with E-state index >= 15 is 0 Å². The lowest BCUT2D eigenvalue weighted by Gasteiger charge is -2.11. The zero-order valence-electron chi connectivity index (χ0n) is 6.80. The molecule has 10 heavy (non-hydrogen) atoms. The van der Waals surface area contributed by atoms with Gasteiger partial charge in [-0.05, 0) is 24.1 Å². The maximum atomic E-state index is 2.37. The van der Waals surface area contributed by atoms with Gasteiger partial charge in [0, 0.05) is 0 Å². The Balaban J connectivity index is 2.52. The van der Waals surface area contributed by atoms with E-state index in [0.717, 1.165) is 0 Å². The van der Waals surface area contributed by atoms with Gasteiger partial charge in [0.25, 0.3) is 0 Å². The SMILES string of the molecule is CCP(CC)C1=CCC=C1. The fourth-order valence-electron chi connectivity index (χ4n) is 1.27. The van der Waals surface area contributed by atoms with Crippen LogP contribution in [0.5, 0.6) is 0 Å². The maximum Gasteiger partial charge on any atom is -0.0156 e. The van der Waals surface area contributed by atoms with Crippen LogP contribution >= 0.6 is 7.92 Å². The van der Waals surface area contributed by atoms with E-state index in [2.05, 4.69) is 32.1 Å². The van der Waals surface area contributed by atoms with Crippen molar-refractivity contribution >= 4 is 7.92 Å². The van der Waals surface area contributed by atoms with Crippen LogP contribution in [0, 0.1) is 0 Å². The van der Waals surface area contributed by atoms with Gasteiger partial charge in [-0.15, -0.1) is 0 Å². The number of hydrogen-bond donors (Lipinski definition) is 0. The monoisotopic (exact) mass is 154 g/mol. The molecule has 0 heterocycles. The van der Waals surface area contributed by atoms with Gasteiger partial charge in [-0.25, -0.2) is 0 Å². The van der Waals surface area contributed by atoms with Gasteiger partial charge in [0.05, 0.1) is 0 Å². The molecule has 0 saturated heterocycles. The second-order valence-electron chi connectivity index (χ2n) is 2.44. The minimum Gasteiger partial charge on any atom is -0.0801 e. The Morgan fingerprint density at radius 3 is 2.50 bits per heavy atom. The summed E-state index contributed by atoms with van der Waals surface area (Å²) in [6, 6.07) is 0. The van der Waals surface area contributed by atoms with Crippen LogP contribution in [0.2, 0.25) is 0 Å². The first kappa shape index (κ1) is 8.01. The van der Waals surface area contributed by atoms with Crippen LogP contribution in [-0.4, -0.2) is 12.3 Å². The van der Waals surface area contributed by atoms with Crippen molar-refractivity contribution in [3.63, 3.8) is 0 Å². The molecule has 0 radical (unpaired) electrons. The first-order chi connectivity index (χ1) is 4.88. The summed E-state index contributed by atoms with van der Waals surface area (Å²) in [5.41, 5.74) is 0. The summed E-state index contributed by atoms with van der Waals surface area (Å²) in [5, 5.41) is 1.63. The van der Waals surface area contributed by atoms with Crippen LogP contribution < -0.4 is 0 Å². The topological polar surface area (TPSA) is 0 Å². The van der Waals surface area contributed by atoms with Gasteiger partial charge in [-0.2, -0.15) is 0 Å². The van der Waals surface area contributed by atoms with Gasteiger partial charge in [0.1, 0.15) is 0 Å². The summed E-state index contributed by atoms with van der Waals surface area (Å²) in [4.78, 5) is 0. The van der Waals surface area contributed by atoms with Crippen molar-refractivity contribution in [1.29, 1.82) is 0 Å². The minimum atomic E-state index is 0.217. The van der Waals surface area contributed by atoms with E-state index in [1.165, 1.54) is 18.7 Å². The van der Waals surface area contributed by atoms with Crippen LogP contribution in [0.3, 0.4) is 0 Å². The molecule has 0 aliphatic heterocycles. The molecule has 0 aromatic carbocycles. The first-order valence-electron chi connectivity index (χ1n) is 4.00. The molecule has 0 N–H and O–H groups in total. The Morgan fingerprint density at radius 2 is 2.10 bits per heavy atom. The Hall–Kier alpha value is -0.0900. The van der Waals surface area contributed by atoms with Crippen molar-refractivity contribution in [2.75, 3.05) is 12.3 Å². The van der Waals surface area contributed by atoms with Gasteiger partial charge in [-0.3, -0.25) is 0 Å². The molecule has 0 unspecified atom stereocenters. The summed E-state index contributed by atoms with van der Waals surface area (Å²) >= 11 is 0. The van der Waals surface area contributed by atoms with E-state index in [1.54, 1.807) is 5.31 Å². The number of hydrogen-bond acceptors (Lipinski definition) is 0. The Kier molecular flexibility index (Phi) is 3.15. The molecule has 0 amide bonds. The van der Waals surface area contributed by atoms with Crippen molar-refractivity contribution < 1.29 is 0 Å². The number of rotatable bonds is 3. The van der Waals surface area contributed by atoms with Crippen LogP contribution in [-0.2, 0) is 0 Å². The third-order valence-corrected chi connectivity index (χ3v) is 4.47. The molecule has 0 nitrogen and oxygen atoms in total. The smallest absolute Gasteiger partial charge is 0.0156 e. The summed E-state index contributed by atoms with van der Waals surface area (Å²) in [6.45, 7) is 4.59. The fourth-order valence-corrected chi connectivity index (χ4v) is 3.13. The summed E-state index contributed by atoms with van der Waals surface area (Å²) in [6.07, 6.45) is 10.8. The molecule has 0 aromatic rings. The van der Waals surface area contributed by atoms with Crippen LogP contribution in [0.15, 0.2) is 23.5 Å². The lowest BCUT2D eigenvalue weighted by Crippen LogP contribution is -1.82. The lowest BCUT2D eigenvalue weighted by atomic mass is 10.5. The van der Waals surface area contributed by atoms with Crippen molar-refractivity contribution in [2.24, 2.45) is 0 Å². The average molecular weight is 154 g/mol. The molecule has 56 valence electrons. The Bertz CT molecular complexity index is 152. The van der Waals surface area contributed by atoms with Crippen LogP contribution in [0.1, 0.15) is 20.3 Å².